The highest BCUT2D eigenvalue weighted by atomic mass is 15.1. The second-order valence-corrected chi connectivity index (χ2v) is 7.53. The molecular formula is C25H18N6. The van der Waals surface area contributed by atoms with Crippen LogP contribution >= 0.6 is 0 Å². The lowest BCUT2D eigenvalue weighted by atomic mass is 10.0. The van der Waals surface area contributed by atoms with Crippen LogP contribution < -0.4 is 5.73 Å². The monoisotopic (exact) mass is 402 g/mol. The van der Waals surface area contributed by atoms with E-state index >= 15 is 0 Å². The number of hydrogen-bond donors (Lipinski definition) is 3. The van der Waals surface area contributed by atoms with E-state index in [-0.39, 0.29) is 0 Å². The van der Waals surface area contributed by atoms with Crippen LogP contribution in [-0.2, 0) is 0 Å². The topological polar surface area (TPSA) is 96.3 Å². The SMILES string of the molecule is Nc1cncc(-c2ccc3[nH]nc(-c4cc5c(-c6ccncc6)cccc5[nH]4)c3c2)c1. The molecule has 0 aliphatic heterocycles. The van der Waals surface area contributed by atoms with E-state index in [4.69, 9.17) is 5.73 Å². The Morgan fingerprint density at radius 3 is 2.48 bits per heavy atom. The Balaban J connectivity index is 1.51. The Hall–Kier alpha value is -4.45. The van der Waals surface area contributed by atoms with Gasteiger partial charge in [0.15, 0.2) is 0 Å². The maximum absolute atomic E-state index is 5.92. The van der Waals surface area contributed by atoms with Crippen molar-refractivity contribution >= 4 is 27.5 Å². The minimum atomic E-state index is 0.643. The van der Waals surface area contributed by atoms with Crippen LogP contribution in [0, 0.1) is 0 Å². The second-order valence-electron chi connectivity index (χ2n) is 7.53. The molecule has 0 fully saturated rings. The maximum atomic E-state index is 5.92. The molecule has 6 heteroatoms. The van der Waals surface area contributed by atoms with Crippen molar-refractivity contribution in [3.63, 3.8) is 0 Å². The number of nitrogens with one attached hydrogen (secondary N) is 2. The molecule has 31 heavy (non-hydrogen) atoms. The van der Waals surface area contributed by atoms with Gasteiger partial charge in [-0.2, -0.15) is 5.10 Å². The number of benzene rings is 2. The average molecular weight is 402 g/mol. The molecule has 6 nitrogen and oxygen atoms in total. The molecule has 0 spiro atoms. The summed E-state index contributed by atoms with van der Waals surface area (Å²) in [5.41, 5.74) is 14.8. The zero-order valence-corrected chi connectivity index (χ0v) is 16.5. The second kappa shape index (κ2) is 6.81. The van der Waals surface area contributed by atoms with Crippen molar-refractivity contribution in [3.8, 4) is 33.6 Å². The minimum absolute atomic E-state index is 0.643. The standard InChI is InChI=1S/C25H18N6/c26-18-10-17(13-28-14-18)16-4-5-23-21(11-16)25(31-30-23)24-12-20-19(2-1-3-22(20)29-24)15-6-8-27-9-7-15/h1-14,29H,26H2,(H,30,31). The van der Waals surface area contributed by atoms with Crippen LogP contribution in [0.3, 0.4) is 0 Å². The summed E-state index contributed by atoms with van der Waals surface area (Å²) in [6, 6.07) is 20.6. The number of nitrogen functional groups attached to an aromatic ring is 1. The fraction of sp³-hybridized carbons (Fsp3) is 0. The molecule has 6 rings (SSSR count). The van der Waals surface area contributed by atoms with Crippen LogP contribution in [0.1, 0.15) is 0 Å². The first-order chi connectivity index (χ1) is 15.3. The van der Waals surface area contributed by atoms with E-state index in [0.29, 0.717) is 5.69 Å². The quantitative estimate of drug-likeness (QED) is 0.368. The molecule has 6 aromatic rings. The largest absolute Gasteiger partial charge is 0.397 e. The van der Waals surface area contributed by atoms with Gasteiger partial charge in [0, 0.05) is 46.6 Å². The van der Waals surface area contributed by atoms with Crippen molar-refractivity contribution < 1.29 is 0 Å². The van der Waals surface area contributed by atoms with Crippen molar-refractivity contribution in [2.24, 2.45) is 0 Å². The van der Waals surface area contributed by atoms with E-state index in [1.54, 1.807) is 6.20 Å². The minimum Gasteiger partial charge on any atom is -0.397 e. The van der Waals surface area contributed by atoms with Crippen LogP contribution in [0.5, 0.6) is 0 Å². The fourth-order valence-corrected chi connectivity index (χ4v) is 4.08. The lowest BCUT2D eigenvalue weighted by Gasteiger charge is -2.03. The van der Waals surface area contributed by atoms with E-state index in [2.05, 4.69) is 55.5 Å². The molecule has 4 N–H and O–H groups in total. The van der Waals surface area contributed by atoms with E-state index in [0.717, 1.165) is 55.4 Å². The zero-order valence-electron chi connectivity index (χ0n) is 16.5. The van der Waals surface area contributed by atoms with Gasteiger partial charge in [0.05, 0.1) is 16.9 Å². The molecule has 0 amide bonds. The zero-order chi connectivity index (χ0) is 20.8. The molecule has 0 aliphatic rings. The van der Waals surface area contributed by atoms with Crippen LogP contribution in [0.25, 0.3) is 55.4 Å². The summed E-state index contributed by atoms with van der Waals surface area (Å²) >= 11 is 0. The number of aromatic amines is 2. The van der Waals surface area contributed by atoms with Crippen LogP contribution in [0.4, 0.5) is 5.69 Å². The molecule has 148 valence electrons. The van der Waals surface area contributed by atoms with E-state index in [9.17, 15) is 0 Å². The molecule has 2 aromatic carbocycles. The summed E-state index contributed by atoms with van der Waals surface area (Å²) in [6.45, 7) is 0. The lowest BCUT2D eigenvalue weighted by molar-refractivity contribution is 1.12. The smallest absolute Gasteiger partial charge is 0.116 e. The highest BCUT2D eigenvalue weighted by Gasteiger charge is 2.14. The number of pyridine rings is 2. The highest BCUT2D eigenvalue weighted by molar-refractivity contribution is 6.01. The van der Waals surface area contributed by atoms with Gasteiger partial charge in [0.1, 0.15) is 5.69 Å². The Morgan fingerprint density at radius 2 is 1.61 bits per heavy atom. The molecule has 0 bridgehead atoms. The summed E-state index contributed by atoms with van der Waals surface area (Å²) in [7, 11) is 0. The van der Waals surface area contributed by atoms with Gasteiger partial charge in [-0.05, 0) is 59.2 Å². The Kier molecular flexibility index (Phi) is 3.83. The molecule has 0 saturated heterocycles. The highest BCUT2D eigenvalue weighted by Crippen LogP contribution is 2.35. The summed E-state index contributed by atoms with van der Waals surface area (Å²) in [5, 5.41) is 9.95. The number of fused-ring (bicyclic) bond motifs is 2. The van der Waals surface area contributed by atoms with Gasteiger partial charge in [-0.25, -0.2) is 0 Å². The maximum Gasteiger partial charge on any atom is 0.116 e. The molecule has 0 aliphatic carbocycles. The number of H-pyrrole nitrogens is 2. The van der Waals surface area contributed by atoms with Gasteiger partial charge in [-0.1, -0.05) is 18.2 Å². The number of anilines is 1. The van der Waals surface area contributed by atoms with Crippen molar-refractivity contribution in [1.29, 1.82) is 0 Å². The third-order valence-electron chi connectivity index (χ3n) is 5.57. The summed E-state index contributed by atoms with van der Waals surface area (Å²) < 4.78 is 0. The van der Waals surface area contributed by atoms with Gasteiger partial charge in [-0.15, -0.1) is 0 Å². The number of rotatable bonds is 3. The van der Waals surface area contributed by atoms with Gasteiger partial charge >= 0.3 is 0 Å². The van der Waals surface area contributed by atoms with Crippen LogP contribution in [0.2, 0.25) is 0 Å². The Bertz CT molecular complexity index is 1550. The molecule has 0 atom stereocenters. The van der Waals surface area contributed by atoms with Gasteiger partial charge < -0.3 is 10.7 Å². The third kappa shape index (κ3) is 2.93. The van der Waals surface area contributed by atoms with Crippen LogP contribution in [-0.4, -0.2) is 25.1 Å². The molecule has 4 heterocycles. The molecule has 0 radical (unpaired) electrons. The predicted molar refractivity (Wildman–Crippen MR) is 124 cm³/mol. The molecular weight excluding hydrogens is 384 g/mol. The first kappa shape index (κ1) is 17.4. The molecule has 4 aromatic heterocycles. The number of nitrogens with zero attached hydrogens (tertiary/aromatic N) is 3. The summed E-state index contributed by atoms with van der Waals surface area (Å²) in [4.78, 5) is 11.9. The Morgan fingerprint density at radius 1 is 0.710 bits per heavy atom. The van der Waals surface area contributed by atoms with Gasteiger partial charge in [0.2, 0.25) is 0 Å². The first-order valence-electron chi connectivity index (χ1n) is 9.98. The van der Waals surface area contributed by atoms with Gasteiger partial charge in [-0.3, -0.25) is 15.1 Å². The van der Waals surface area contributed by atoms with Crippen LogP contribution in [0.15, 0.2) is 85.5 Å². The number of nitrogens with two attached hydrogens (primary N) is 1. The van der Waals surface area contributed by atoms with Crippen molar-refractivity contribution in [2.75, 3.05) is 5.73 Å². The Labute approximate surface area is 177 Å². The molecule has 0 saturated carbocycles. The fourth-order valence-electron chi connectivity index (χ4n) is 4.08. The average Bonchev–Trinajstić information content (AvgIpc) is 3.43. The molecule has 0 unspecified atom stereocenters. The number of hydrogen-bond acceptors (Lipinski definition) is 4. The normalized spacial score (nSPS) is 11.4. The summed E-state index contributed by atoms with van der Waals surface area (Å²) in [6.07, 6.45) is 7.10. The predicted octanol–water partition coefficient (Wildman–Crippen LogP) is 5.42. The van der Waals surface area contributed by atoms with Gasteiger partial charge in [0.25, 0.3) is 0 Å². The summed E-state index contributed by atoms with van der Waals surface area (Å²) in [5.74, 6) is 0. The first-order valence-corrected chi connectivity index (χ1v) is 9.98. The van der Waals surface area contributed by atoms with Crippen molar-refractivity contribution in [2.45, 2.75) is 0 Å². The van der Waals surface area contributed by atoms with E-state index < -0.39 is 0 Å². The van der Waals surface area contributed by atoms with E-state index in [1.165, 1.54) is 0 Å². The van der Waals surface area contributed by atoms with Crippen molar-refractivity contribution in [1.82, 2.24) is 25.1 Å². The third-order valence-corrected chi connectivity index (χ3v) is 5.57. The number of aromatic nitrogens is 5. The lowest BCUT2D eigenvalue weighted by Crippen LogP contribution is -1.87. The van der Waals surface area contributed by atoms with E-state index in [1.807, 2.05) is 48.9 Å². The van der Waals surface area contributed by atoms with Crippen molar-refractivity contribution in [3.05, 3.63) is 85.5 Å².